The van der Waals surface area contributed by atoms with E-state index in [4.69, 9.17) is 14.1 Å². The van der Waals surface area contributed by atoms with Gasteiger partial charge >= 0.3 is 0 Å². The number of carbonyl (C=O) groups excluding carboxylic acids is 1. The van der Waals surface area contributed by atoms with E-state index in [0.717, 1.165) is 0 Å². The number of carbonyl (C=O) groups is 1. The summed E-state index contributed by atoms with van der Waals surface area (Å²) in [5, 5.41) is 0. The van der Waals surface area contributed by atoms with E-state index in [2.05, 4.69) is 15.0 Å². The van der Waals surface area contributed by atoms with Gasteiger partial charge in [-0.2, -0.15) is 15.0 Å². The molecule has 11 nitrogen and oxygen atoms in total. The van der Waals surface area contributed by atoms with Crippen molar-refractivity contribution < 1.29 is 22.7 Å². The minimum Gasteiger partial charge on any atom is -0.459 e. The number of amides is 1. The number of rotatable bonds is 5. The van der Waals surface area contributed by atoms with Crippen molar-refractivity contribution in [2.45, 2.75) is 32.4 Å². The molecule has 4 aromatic rings. The number of nitrogens with zero attached hydrogens (tertiary/aromatic N) is 8. The Bertz CT molecular complexity index is 1470. The first-order valence-corrected chi connectivity index (χ1v) is 12.9. The third-order valence-corrected chi connectivity index (χ3v) is 7.30. The molecule has 0 radical (unpaired) electrons. The fourth-order valence-corrected chi connectivity index (χ4v) is 5.00. The average molecular weight is 539 g/mol. The highest BCUT2D eigenvalue weighted by molar-refractivity contribution is 5.91. The number of alkyl halides is 2. The van der Waals surface area contributed by atoms with E-state index in [9.17, 15) is 13.6 Å². The van der Waals surface area contributed by atoms with Crippen molar-refractivity contribution in [1.82, 2.24) is 29.4 Å². The highest BCUT2D eigenvalue weighted by atomic mass is 19.3. The van der Waals surface area contributed by atoms with Gasteiger partial charge in [-0.3, -0.25) is 9.36 Å². The van der Waals surface area contributed by atoms with E-state index in [1.807, 2.05) is 23.6 Å². The lowest BCUT2D eigenvalue weighted by Crippen LogP contribution is -2.50. The van der Waals surface area contributed by atoms with Crippen LogP contribution in [0.3, 0.4) is 0 Å². The van der Waals surface area contributed by atoms with E-state index >= 15 is 0 Å². The maximum atomic E-state index is 14.2. The molecule has 1 amide bonds. The van der Waals surface area contributed by atoms with Crippen LogP contribution in [0.25, 0.3) is 17.0 Å². The normalized spacial score (nSPS) is 20.3. The van der Waals surface area contributed by atoms with Gasteiger partial charge in [-0.25, -0.2) is 13.8 Å². The van der Waals surface area contributed by atoms with Crippen LogP contribution in [0.5, 0.6) is 0 Å². The van der Waals surface area contributed by atoms with Gasteiger partial charge in [0.15, 0.2) is 11.6 Å². The lowest BCUT2D eigenvalue weighted by molar-refractivity contribution is 0.0277. The number of benzene rings is 1. The summed E-state index contributed by atoms with van der Waals surface area (Å²) in [5.74, 6) is 0.472. The van der Waals surface area contributed by atoms with Gasteiger partial charge in [-0.15, -0.1) is 0 Å². The predicted octanol–water partition coefficient (Wildman–Crippen LogP) is 3.32. The number of halogens is 2. The Morgan fingerprint density at radius 2 is 1.67 bits per heavy atom. The second-order valence-electron chi connectivity index (χ2n) is 9.60. The number of para-hydroxylation sites is 2. The first-order valence-electron chi connectivity index (χ1n) is 12.9. The third kappa shape index (κ3) is 4.67. The van der Waals surface area contributed by atoms with E-state index < -0.39 is 12.2 Å². The molecule has 0 N–H and O–H groups in total. The molecule has 204 valence electrons. The number of imidazole rings is 1. The summed E-state index contributed by atoms with van der Waals surface area (Å²) in [6, 6.07) is 10.2. The van der Waals surface area contributed by atoms with Crippen molar-refractivity contribution in [3.63, 3.8) is 0 Å². The Kier molecular flexibility index (Phi) is 6.59. The molecule has 0 saturated carbocycles. The van der Waals surface area contributed by atoms with Crippen LogP contribution in [0.15, 0.2) is 47.1 Å². The number of hydrogen-bond acceptors (Lipinski definition) is 9. The van der Waals surface area contributed by atoms with Crippen molar-refractivity contribution in [1.29, 1.82) is 0 Å². The summed E-state index contributed by atoms with van der Waals surface area (Å²) < 4.78 is 40.7. The quantitative estimate of drug-likeness (QED) is 0.378. The molecule has 0 aliphatic carbocycles. The Hall–Kier alpha value is -4.13. The second kappa shape index (κ2) is 10.2. The van der Waals surface area contributed by atoms with Crippen LogP contribution < -0.4 is 9.80 Å². The molecule has 2 aliphatic rings. The van der Waals surface area contributed by atoms with Gasteiger partial charge in [-0.1, -0.05) is 12.1 Å². The SMILES string of the molecule is C[C@@H]1OCCN(c2nc(N3CCN(C(=O)c4ccco4)CC3)nc(-n3c(C(F)F)nc4ccccc43)n2)[C@H]1C. The molecule has 2 atom stereocenters. The Morgan fingerprint density at radius 3 is 2.41 bits per heavy atom. The number of morpholine rings is 1. The smallest absolute Gasteiger partial charge is 0.296 e. The largest absolute Gasteiger partial charge is 0.459 e. The zero-order chi connectivity index (χ0) is 27.1. The molecule has 0 unspecified atom stereocenters. The van der Waals surface area contributed by atoms with Crippen LogP contribution >= 0.6 is 0 Å². The van der Waals surface area contributed by atoms with Crippen LogP contribution in [-0.4, -0.2) is 86.8 Å². The highest BCUT2D eigenvalue weighted by Crippen LogP contribution is 2.29. The van der Waals surface area contributed by atoms with Gasteiger partial charge < -0.3 is 23.9 Å². The van der Waals surface area contributed by atoms with Crippen LogP contribution in [0, 0.1) is 0 Å². The summed E-state index contributed by atoms with van der Waals surface area (Å²) >= 11 is 0. The van der Waals surface area contributed by atoms with Gasteiger partial charge in [0.25, 0.3) is 12.3 Å². The first-order chi connectivity index (χ1) is 18.9. The van der Waals surface area contributed by atoms with E-state index in [-0.39, 0.29) is 29.8 Å². The first kappa shape index (κ1) is 25.2. The summed E-state index contributed by atoms with van der Waals surface area (Å²) in [4.78, 5) is 36.7. The number of furan rings is 1. The summed E-state index contributed by atoms with van der Waals surface area (Å²) in [5.41, 5.74) is 0.905. The van der Waals surface area contributed by atoms with E-state index in [1.165, 1.54) is 10.8 Å². The van der Waals surface area contributed by atoms with Crippen molar-refractivity contribution in [2.75, 3.05) is 49.1 Å². The topological polar surface area (TPSA) is 106 Å². The molecule has 39 heavy (non-hydrogen) atoms. The molecule has 13 heteroatoms. The maximum absolute atomic E-state index is 14.2. The molecule has 0 bridgehead atoms. The molecule has 2 fully saturated rings. The number of aromatic nitrogens is 5. The van der Waals surface area contributed by atoms with Gasteiger partial charge in [-0.05, 0) is 38.1 Å². The van der Waals surface area contributed by atoms with Crippen LogP contribution in [0.1, 0.15) is 36.7 Å². The molecule has 0 spiro atoms. The van der Waals surface area contributed by atoms with E-state index in [1.54, 1.807) is 41.3 Å². The zero-order valence-corrected chi connectivity index (χ0v) is 21.6. The molecule has 5 heterocycles. The Labute approximate surface area is 223 Å². The molecule has 2 saturated heterocycles. The Balaban J connectivity index is 1.39. The van der Waals surface area contributed by atoms with Gasteiger partial charge in [0.2, 0.25) is 17.8 Å². The third-order valence-electron chi connectivity index (χ3n) is 7.30. The van der Waals surface area contributed by atoms with Crippen molar-refractivity contribution in [3.8, 4) is 5.95 Å². The molecular formula is C26H28F2N8O3. The number of piperazine rings is 1. The Morgan fingerprint density at radius 1 is 0.923 bits per heavy atom. The highest BCUT2D eigenvalue weighted by Gasteiger charge is 2.31. The molecular weight excluding hydrogens is 510 g/mol. The summed E-state index contributed by atoms with van der Waals surface area (Å²) in [6.45, 7) is 6.80. The molecule has 3 aromatic heterocycles. The maximum Gasteiger partial charge on any atom is 0.296 e. The van der Waals surface area contributed by atoms with Crippen molar-refractivity contribution in [2.24, 2.45) is 0 Å². The van der Waals surface area contributed by atoms with Gasteiger partial charge in [0, 0.05) is 32.7 Å². The fraction of sp³-hybridized carbons (Fsp3) is 0.423. The average Bonchev–Trinajstić information content (AvgIpc) is 3.63. The number of fused-ring (bicyclic) bond motifs is 1. The predicted molar refractivity (Wildman–Crippen MR) is 138 cm³/mol. The number of anilines is 2. The molecule has 2 aliphatic heterocycles. The van der Waals surface area contributed by atoms with Crippen LogP contribution in [0.2, 0.25) is 0 Å². The second-order valence-corrected chi connectivity index (χ2v) is 9.60. The molecule has 6 rings (SSSR count). The molecule has 1 aromatic carbocycles. The van der Waals surface area contributed by atoms with E-state index in [0.29, 0.717) is 62.3 Å². The van der Waals surface area contributed by atoms with Gasteiger partial charge in [0.1, 0.15) is 0 Å². The fourth-order valence-electron chi connectivity index (χ4n) is 5.00. The minimum atomic E-state index is -2.83. The van der Waals surface area contributed by atoms with Crippen LogP contribution in [-0.2, 0) is 4.74 Å². The van der Waals surface area contributed by atoms with Crippen molar-refractivity contribution >= 4 is 28.8 Å². The standard InChI is InChI=1S/C26H28F2N8O3/c1-16-17(2)38-15-13-35(16)25-30-24(34-11-9-33(10-12-34)23(37)20-8-5-14-39-20)31-26(32-25)36-19-7-4-3-6-18(19)29-22(36)21(27)28/h3-8,14,16-17,21H,9-13,15H2,1-2H3/t16-,17-/m0/s1. The van der Waals surface area contributed by atoms with Crippen molar-refractivity contribution in [3.05, 3.63) is 54.2 Å². The van der Waals surface area contributed by atoms with Gasteiger partial charge in [0.05, 0.1) is 36.0 Å². The monoisotopic (exact) mass is 538 g/mol. The number of hydrogen-bond donors (Lipinski definition) is 0. The van der Waals surface area contributed by atoms with Crippen LogP contribution in [0.4, 0.5) is 20.7 Å². The summed E-state index contributed by atoms with van der Waals surface area (Å²) in [6.07, 6.45) is -1.43. The zero-order valence-electron chi connectivity index (χ0n) is 21.6. The lowest BCUT2D eigenvalue weighted by Gasteiger charge is -2.38. The number of ether oxygens (including phenoxy) is 1. The summed E-state index contributed by atoms with van der Waals surface area (Å²) in [7, 11) is 0. The minimum absolute atomic E-state index is 0.0429. The lowest BCUT2D eigenvalue weighted by atomic mass is 10.1.